The molecule has 1 heterocycles. The molecule has 0 saturated heterocycles. The van der Waals surface area contributed by atoms with Gasteiger partial charge in [0, 0.05) is 39.2 Å². The van der Waals surface area contributed by atoms with Gasteiger partial charge in [-0.3, -0.25) is 0 Å². The van der Waals surface area contributed by atoms with Crippen molar-refractivity contribution in [3.63, 3.8) is 0 Å². The van der Waals surface area contributed by atoms with E-state index < -0.39 is 0 Å². The van der Waals surface area contributed by atoms with Crippen LogP contribution >= 0.6 is 0 Å². The van der Waals surface area contributed by atoms with Gasteiger partial charge in [-0.15, -0.1) is 0 Å². The molecule has 9 aromatic rings. The van der Waals surface area contributed by atoms with Crippen molar-refractivity contribution in [1.82, 2.24) is 0 Å². The van der Waals surface area contributed by atoms with Crippen LogP contribution in [-0.2, 0) is 10.8 Å². The number of hydrogen-bond donors (Lipinski definition) is 0. The van der Waals surface area contributed by atoms with Crippen LogP contribution in [-0.4, -0.2) is 0 Å². The summed E-state index contributed by atoms with van der Waals surface area (Å²) in [5.74, 6) is 0. The van der Waals surface area contributed by atoms with Gasteiger partial charge in [-0.2, -0.15) is 0 Å². The number of benzene rings is 8. The second-order valence-corrected chi connectivity index (χ2v) is 16.2. The molecule has 2 nitrogen and oxygen atoms in total. The number of fused-ring (bicyclic) bond motifs is 8. The molecule has 0 saturated carbocycles. The highest BCUT2D eigenvalue weighted by molar-refractivity contribution is 6.12. The minimum atomic E-state index is -0.105. The van der Waals surface area contributed by atoms with Crippen LogP contribution in [0.3, 0.4) is 0 Å². The molecule has 0 amide bonds. The molecule has 1 aliphatic carbocycles. The van der Waals surface area contributed by atoms with E-state index in [0.29, 0.717) is 0 Å². The molecular formula is C51H41NO. The zero-order valence-electron chi connectivity index (χ0n) is 30.9. The van der Waals surface area contributed by atoms with Gasteiger partial charge in [-0.25, -0.2) is 0 Å². The Morgan fingerprint density at radius 1 is 0.472 bits per heavy atom. The van der Waals surface area contributed by atoms with Crippen LogP contribution in [0, 0.1) is 0 Å². The smallest absolute Gasteiger partial charge is 0.137 e. The Morgan fingerprint density at radius 2 is 1.11 bits per heavy atom. The Bertz CT molecular complexity index is 2900. The van der Waals surface area contributed by atoms with E-state index in [2.05, 4.69) is 197 Å². The molecule has 0 unspecified atom stereocenters. The van der Waals surface area contributed by atoms with Crippen LogP contribution in [0.4, 0.5) is 17.1 Å². The summed E-state index contributed by atoms with van der Waals surface area (Å²) in [4.78, 5) is 2.43. The first kappa shape index (κ1) is 31.6. The molecular weight excluding hydrogens is 643 g/mol. The van der Waals surface area contributed by atoms with Gasteiger partial charge >= 0.3 is 0 Å². The summed E-state index contributed by atoms with van der Waals surface area (Å²) in [6.45, 7) is 11.5. The number of nitrogens with zero attached hydrogens (tertiary/aromatic N) is 1. The predicted molar refractivity (Wildman–Crippen MR) is 225 cm³/mol. The summed E-state index contributed by atoms with van der Waals surface area (Å²) < 4.78 is 6.67. The van der Waals surface area contributed by atoms with Crippen molar-refractivity contribution in [3.05, 3.63) is 174 Å². The topological polar surface area (TPSA) is 16.4 Å². The minimum absolute atomic E-state index is 0.0407. The standard InChI is InChI=1S/C51H41NO/c1-50(2,3)35-22-24-36(25-23-35)52(37-26-27-39-42-29-33-14-6-7-15-34(33)30-46(42)53-47(39)31-37)45-28-21-32-13-8-9-16-38(32)49(45)41-18-12-20-44-48(41)40-17-10-11-19-43(40)51(44,4)5/h6-31H,1-5H3. The van der Waals surface area contributed by atoms with Gasteiger partial charge in [0.1, 0.15) is 11.2 Å². The summed E-state index contributed by atoms with van der Waals surface area (Å²) >= 11 is 0. The van der Waals surface area contributed by atoms with Gasteiger partial charge in [0.2, 0.25) is 0 Å². The summed E-state index contributed by atoms with van der Waals surface area (Å²) in [6, 6.07) is 58.1. The average Bonchev–Trinajstić information content (AvgIpc) is 3.64. The van der Waals surface area contributed by atoms with Gasteiger partial charge in [0.15, 0.2) is 0 Å². The lowest BCUT2D eigenvalue weighted by molar-refractivity contribution is 0.590. The van der Waals surface area contributed by atoms with Crippen LogP contribution in [0.1, 0.15) is 51.3 Å². The molecule has 0 aliphatic heterocycles. The molecule has 0 atom stereocenters. The molecule has 0 fully saturated rings. The van der Waals surface area contributed by atoms with Crippen LogP contribution in [0.25, 0.3) is 65.7 Å². The van der Waals surface area contributed by atoms with E-state index in [-0.39, 0.29) is 10.8 Å². The lowest BCUT2D eigenvalue weighted by Crippen LogP contribution is -2.15. The van der Waals surface area contributed by atoms with Crippen molar-refractivity contribution in [3.8, 4) is 22.3 Å². The molecule has 0 bridgehead atoms. The number of furan rings is 1. The molecule has 0 N–H and O–H groups in total. The summed E-state index contributed by atoms with van der Waals surface area (Å²) in [5, 5.41) is 7.11. The van der Waals surface area contributed by atoms with Gasteiger partial charge in [-0.1, -0.05) is 144 Å². The van der Waals surface area contributed by atoms with Gasteiger partial charge in [0.25, 0.3) is 0 Å². The quantitative estimate of drug-likeness (QED) is 0.184. The molecule has 256 valence electrons. The molecule has 10 rings (SSSR count). The van der Waals surface area contributed by atoms with Crippen LogP contribution in [0.5, 0.6) is 0 Å². The number of rotatable bonds is 4. The maximum atomic E-state index is 6.67. The molecule has 0 radical (unpaired) electrons. The summed E-state index contributed by atoms with van der Waals surface area (Å²) in [7, 11) is 0. The van der Waals surface area contributed by atoms with E-state index in [0.717, 1.165) is 39.0 Å². The Hall–Kier alpha value is -6.12. The number of hydrogen-bond acceptors (Lipinski definition) is 2. The third-order valence-corrected chi connectivity index (χ3v) is 11.6. The molecule has 8 aromatic carbocycles. The maximum Gasteiger partial charge on any atom is 0.137 e. The van der Waals surface area contributed by atoms with Crippen LogP contribution in [0.2, 0.25) is 0 Å². The average molecular weight is 684 g/mol. The first-order valence-corrected chi connectivity index (χ1v) is 18.7. The monoisotopic (exact) mass is 683 g/mol. The lowest BCUT2D eigenvalue weighted by atomic mass is 9.81. The predicted octanol–water partition coefficient (Wildman–Crippen LogP) is 14.6. The zero-order chi connectivity index (χ0) is 36.1. The molecule has 53 heavy (non-hydrogen) atoms. The van der Waals surface area contributed by atoms with E-state index in [1.165, 1.54) is 60.5 Å². The first-order chi connectivity index (χ1) is 25.7. The van der Waals surface area contributed by atoms with Gasteiger partial charge in [-0.05, 0) is 103 Å². The minimum Gasteiger partial charge on any atom is -0.456 e. The molecule has 2 heteroatoms. The van der Waals surface area contributed by atoms with E-state index in [9.17, 15) is 0 Å². The molecule has 0 spiro atoms. The fourth-order valence-corrected chi connectivity index (χ4v) is 8.82. The molecule has 1 aromatic heterocycles. The lowest BCUT2D eigenvalue weighted by Gasteiger charge is -2.30. The fourth-order valence-electron chi connectivity index (χ4n) is 8.82. The Labute approximate surface area is 310 Å². The summed E-state index contributed by atoms with van der Waals surface area (Å²) in [6.07, 6.45) is 0. The van der Waals surface area contributed by atoms with Crippen molar-refractivity contribution in [1.29, 1.82) is 0 Å². The van der Waals surface area contributed by atoms with Gasteiger partial charge < -0.3 is 9.32 Å². The van der Waals surface area contributed by atoms with Gasteiger partial charge in [0.05, 0.1) is 5.69 Å². The normalized spacial score (nSPS) is 13.5. The molecule has 1 aliphatic rings. The number of anilines is 3. The van der Waals surface area contributed by atoms with Crippen molar-refractivity contribution in [2.24, 2.45) is 0 Å². The van der Waals surface area contributed by atoms with Crippen molar-refractivity contribution >= 4 is 60.5 Å². The fraction of sp³-hybridized carbons (Fsp3) is 0.137. The Morgan fingerprint density at radius 3 is 1.91 bits per heavy atom. The second kappa shape index (κ2) is 11.4. The third-order valence-electron chi connectivity index (χ3n) is 11.6. The van der Waals surface area contributed by atoms with Crippen LogP contribution in [0.15, 0.2) is 162 Å². The maximum absolute atomic E-state index is 6.67. The van der Waals surface area contributed by atoms with Crippen molar-refractivity contribution < 1.29 is 4.42 Å². The highest BCUT2D eigenvalue weighted by atomic mass is 16.3. The summed E-state index contributed by atoms with van der Waals surface area (Å²) in [5.41, 5.74) is 14.2. The Balaban J connectivity index is 1.26. The van der Waals surface area contributed by atoms with E-state index in [1.54, 1.807) is 0 Å². The second-order valence-electron chi connectivity index (χ2n) is 16.2. The Kier molecular flexibility index (Phi) is 6.82. The van der Waals surface area contributed by atoms with E-state index in [4.69, 9.17) is 4.42 Å². The first-order valence-electron chi connectivity index (χ1n) is 18.7. The highest BCUT2D eigenvalue weighted by Gasteiger charge is 2.37. The highest BCUT2D eigenvalue weighted by Crippen LogP contribution is 2.55. The van der Waals surface area contributed by atoms with E-state index >= 15 is 0 Å². The zero-order valence-corrected chi connectivity index (χ0v) is 30.9. The third kappa shape index (κ3) is 4.86. The van der Waals surface area contributed by atoms with Crippen LogP contribution < -0.4 is 4.90 Å². The SMILES string of the molecule is CC(C)(C)c1ccc(N(c2ccc3c(c2)oc2cc4ccccc4cc23)c2ccc3ccccc3c2-c2cccc3c2-c2ccccc2C3(C)C)cc1. The van der Waals surface area contributed by atoms with E-state index in [1.807, 2.05) is 0 Å². The van der Waals surface area contributed by atoms with Crippen molar-refractivity contribution in [2.75, 3.05) is 4.90 Å². The largest absolute Gasteiger partial charge is 0.456 e. The van der Waals surface area contributed by atoms with Crippen molar-refractivity contribution in [2.45, 2.75) is 45.4 Å².